The fourth-order valence-electron chi connectivity index (χ4n) is 4.22. The molecule has 0 aliphatic carbocycles. The summed E-state index contributed by atoms with van der Waals surface area (Å²) in [7, 11) is 0. The van der Waals surface area contributed by atoms with E-state index in [1.54, 1.807) is 49.4 Å². The first kappa shape index (κ1) is 21.8. The Morgan fingerprint density at radius 2 is 2.09 bits per heavy atom. The third-order valence-electron chi connectivity index (χ3n) is 6.07. The fraction of sp³-hybridized carbons (Fsp3) is 0.250. The molecule has 2 aromatic carbocycles. The Bertz CT molecular complexity index is 1410. The molecule has 2 aliphatic heterocycles. The van der Waals surface area contributed by atoms with E-state index in [0.29, 0.717) is 34.8 Å². The highest BCUT2D eigenvalue weighted by Crippen LogP contribution is 2.25. The molecule has 0 bridgehead atoms. The predicted molar refractivity (Wildman–Crippen MR) is 127 cm³/mol. The zero-order valence-electron chi connectivity index (χ0n) is 18.4. The second-order valence-electron chi connectivity index (χ2n) is 8.34. The molecule has 2 amide bonds. The number of hydrogen-bond acceptors (Lipinski definition) is 7. The molecular formula is C24H23N5O5. The summed E-state index contributed by atoms with van der Waals surface area (Å²) in [6.45, 7) is 2.53. The summed E-state index contributed by atoms with van der Waals surface area (Å²) in [5, 5.41) is 14.1. The molecule has 2 aliphatic rings. The van der Waals surface area contributed by atoms with Crippen molar-refractivity contribution < 1.29 is 19.4 Å². The molecule has 34 heavy (non-hydrogen) atoms. The third-order valence-corrected chi connectivity index (χ3v) is 6.07. The van der Waals surface area contributed by atoms with Gasteiger partial charge in [-0.15, -0.1) is 0 Å². The number of morpholine rings is 1. The van der Waals surface area contributed by atoms with Gasteiger partial charge in [-0.25, -0.2) is 0 Å². The number of amides is 2. The number of aryl methyl sites for hydroxylation is 1. The average molecular weight is 461 g/mol. The molecule has 0 radical (unpaired) electrons. The molecule has 174 valence electrons. The van der Waals surface area contributed by atoms with Crippen LogP contribution in [0.25, 0.3) is 10.9 Å². The van der Waals surface area contributed by atoms with Gasteiger partial charge in [0, 0.05) is 29.0 Å². The van der Waals surface area contributed by atoms with Crippen LogP contribution in [-0.2, 0) is 20.9 Å². The normalized spacial score (nSPS) is 18.5. The van der Waals surface area contributed by atoms with Crippen molar-refractivity contribution >= 4 is 39.9 Å². The van der Waals surface area contributed by atoms with Crippen LogP contribution in [0, 0.1) is 6.92 Å². The van der Waals surface area contributed by atoms with Crippen molar-refractivity contribution in [1.29, 1.82) is 0 Å². The Morgan fingerprint density at radius 1 is 1.26 bits per heavy atom. The molecule has 10 heteroatoms. The number of H-pyrrole nitrogens is 1. The van der Waals surface area contributed by atoms with Gasteiger partial charge in [0.05, 0.1) is 18.7 Å². The van der Waals surface area contributed by atoms with Gasteiger partial charge in [-0.2, -0.15) is 0 Å². The first-order valence-corrected chi connectivity index (χ1v) is 10.8. The maximum atomic E-state index is 13.1. The average Bonchev–Trinajstić information content (AvgIpc) is 3.19. The standard InChI is InChI=1S/C24H23N5O5/c1-12-8-13-2-4-16(10-18(13)28-22(12)31)29-6-7-34-20(24(29)33)19(30)23(32)27-15-3-5-17-14(9-15)11-26-21(17)25/h2-5,8-10,19-20,30H,6-7,11H2,1H3,(H2,25,26)(H,27,32)(H,28,31)/t19-,20-/m1/s1. The van der Waals surface area contributed by atoms with Crippen molar-refractivity contribution in [2.45, 2.75) is 25.7 Å². The lowest BCUT2D eigenvalue weighted by molar-refractivity contribution is -0.150. The lowest BCUT2D eigenvalue weighted by atomic mass is 10.1. The van der Waals surface area contributed by atoms with E-state index in [1.807, 2.05) is 0 Å². The number of ether oxygens (including phenoxy) is 1. The topological polar surface area (TPSA) is 150 Å². The minimum absolute atomic E-state index is 0.138. The van der Waals surface area contributed by atoms with Gasteiger partial charge in [-0.3, -0.25) is 19.4 Å². The van der Waals surface area contributed by atoms with Crippen LogP contribution < -0.4 is 21.5 Å². The second-order valence-corrected chi connectivity index (χ2v) is 8.34. The van der Waals surface area contributed by atoms with Crippen LogP contribution >= 0.6 is 0 Å². The predicted octanol–water partition coefficient (Wildman–Crippen LogP) is 0.787. The Balaban J connectivity index is 1.33. The van der Waals surface area contributed by atoms with Gasteiger partial charge in [0.1, 0.15) is 5.84 Å². The molecule has 5 rings (SSSR count). The Hall–Kier alpha value is -4.02. The summed E-state index contributed by atoms with van der Waals surface area (Å²) in [5.41, 5.74) is 9.46. The van der Waals surface area contributed by atoms with Gasteiger partial charge in [0.15, 0.2) is 12.2 Å². The number of aliphatic hydroxyl groups excluding tert-OH is 1. The van der Waals surface area contributed by atoms with Crippen LogP contribution in [0.1, 0.15) is 16.7 Å². The number of aromatic nitrogens is 1. The van der Waals surface area contributed by atoms with Crippen LogP contribution in [0.2, 0.25) is 0 Å². The molecule has 0 saturated carbocycles. The molecular weight excluding hydrogens is 438 g/mol. The molecule has 5 N–H and O–H groups in total. The first-order valence-electron chi connectivity index (χ1n) is 10.8. The first-order chi connectivity index (χ1) is 16.3. The number of pyridine rings is 1. The largest absolute Gasteiger partial charge is 0.383 e. The number of rotatable bonds is 4. The van der Waals surface area contributed by atoms with E-state index in [0.717, 1.165) is 16.5 Å². The number of benzene rings is 2. The summed E-state index contributed by atoms with van der Waals surface area (Å²) in [4.78, 5) is 46.2. The number of hydrogen-bond donors (Lipinski definition) is 4. The zero-order valence-corrected chi connectivity index (χ0v) is 18.4. The van der Waals surface area contributed by atoms with E-state index >= 15 is 0 Å². The summed E-state index contributed by atoms with van der Waals surface area (Å²) >= 11 is 0. The second kappa shape index (κ2) is 8.40. The summed E-state index contributed by atoms with van der Waals surface area (Å²) < 4.78 is 5.48. The lowest BCUT2D eigenvalue weighted by Gasteiger charge is -2.34. The molecule has 0 unspecified atom stereocenters. The number of carbonyl (C=O) groups excluding carboxylic acids is 2. The van der Waals surface area contributed by atoms with Crippen molar-refractivity contribution in [3.63, 3.8) is 0 Å². The number of anilines is 2. The van der Waals surface area contributed by atoms with E-state index < -0.39 is 24.0 Å². The number of amidine groups is 1. The molecule has 10 nitrogen and oxygen atoms in total. The highest BCUT2D eigenvalue weighted by atomic mass is 16.5. The van der Waals surface area contributed by atoms with Gasteiger partial charge in [-0.1, -0.05) is 6.07 Å². The van der Waals surface area contributed by atoms with Crippen LogP contribution in [0.15, 0.2) is 52.3 Å². The highest BCUT2D eigenvalue weighted by Gasteiger charge is 2.39. The summed E-state index contributed by atoms with van der Waals surface area (Å²) in [6, 6.07) is 12.2. The lowest BCUT2D eigenvalue weighted by Crippen LogP contribution is -2.55. The monoisotopic (exact) mass is 461 g/mol. The summed E-state index contributed by atoms with van der Waals surface area (Å²) in [6.07, 6.45) is -3.08. The van der Waals surface area contributed by atoms with E-state index in [2.05, 4.69) is 15.3 Å². The number of nitrogens with zero attached hydrogens (tertiary/aromatic N) is 2. The summed E-state index contributed by atoms with van der Waals surface area (Å²) in [5.74, 6) is -0.856. The fourth-order valence-corrected chi connectivity index (χ4v) is 4.22. The zero-order chi connectivity index (χ0) is 24.0. The molecule has 3 aromatic rings. The minimum atomic E-state index is -1.72. The highest BCUT2D eigenvalue weighted by molar-refractivity contribution is 6.05. The van der Waals surface area contributed by atoms with Crippen LogP contribution in [0.4, 0.5) is 11.4 Å². The van der Waals surface area contributed by atoms with Gasteiger partial charge in [0.2, 0.25) is 0 Å². The van der Waals surface area contributed by atoms with Gasteiger partial charge in [-0.05, 0) is 54.3 Å². The maximum absolute atomic E-state index is 13.1. The molecule has 1 fully saturated rings. The Kier molecular flexibility index (Phi) is 5.39. The van der Waals surface area contributed by atoms with Crippen molar-refractivity contribution in [2.24, 2.45) is 10.7 Å². The Morgan fingerprint density at radius 3 is 2.91 bits per heavy atom. The van der Waals surface area contributed by atoms with Crippen molar-refractivity contribution in [3.8, 4) is 0 Å². The number of carbonyl (C=O) groups is 2. The van der Waals surface area contributed by atoms with Crippen LogP contribution in [0.5, 0.6) is 0 Å². The quantitative estimate of drug-likeness (QED) is 0.451. The van der Waals surface area contributed by atoms with E-state index in [9.17, 15) is 19.5 Å². The molecule has 2 atom stereocenters. The Labute approximate surface area is 194 Å². The van der Waals surface area contributed by atoms with E-state index in [-0.39, 0.29) is 18.7 Å². The smallest absolute Gasteiger partial charge is 0.259 e. The van der Waals surface area contributed by atoms with E-state index in [4.69, 9.17) is 10.5 Å². The van der Waals surface area contributed by atoms with Crippen LogP contribution in [-0.4, -0.2) is 53.1 Å². The van der Waals surface area contributed by atoms with Crippen molar-refractivity contribution in [1.82, 2.24) is 4.98 Å². The van der Waals surface area contributed by atoms with Gasteiger partial charge < -0.3 is 30.8 Å². The molecule has 0 spiro atoms. The maximum Gasteiger partial charge on any atom is 0.259 e. The number of aliphatic imine (C=N–C) groups is 1. The number of aliphatic hydroxyl groups is 1. The van der Waals surface area contributed by atoms with Crippen molar-refractivity contribution in [2.75, 3.05) is 23.4 Å². The minimum Gasteiger partial charge on any atom is -0.383 e. The third kappa shape index (κ3) is 3.82. The van der Waals surface area contributed by atoms with Crippen LogP contribution in [0.3, 0.4) is 0 Å². The van der Waals surface area contributed by atoms with Gasteiger partial charge in [0.25, 0.3) is 17.4 Å². The molecule has 3 heterocycles. The molecule has 1 aromatic heterocycles. The number of nitrogens with two attached hydrogens (primary N) is 1. The number of fused-ring (bicyclic) bond motifs is 2. The van der Waals surface area contributed by atoms with E-state index in [1.165, 1.54) is 4.90 Å². The van der Waals surface area contributed by atoms with Crippen molar-refractivity contribution in [3.05, 3.63) is 69.5 Å². The SMILES string of the molecule is Cc1cc2ccc(N3CCO[C@H]([C@@H](O)C(=O)Nc4ccc5c(c4)CN=C5N)C3=O)cc2[nH]c1=O. The molecule has 1 saturated heterocycles. The number of nitrogens with one attached hydrogen (secondary N) is 2. The van der Waals surface area contributed by atoms with Gasteiger partial charge >= 0.3 is 0 Å². The number of aromatic amines is 1.